The number of hydrogen-bond donors (Lipinski definition) is 1. The monoisotopic (exact) mass is 238 g/mol. The molecule has 1 N–H and O–H groups in total. The Hall–Kier alpha value is -1.49. The molecule has 5 heteroatoms. The Balaban J connectivity index is 2.16. The van der Waals surface area contributed by atoms with Crippen molar-refractivity contribution in [2.75, 3.05) is 27.3 Å². The van der Waals surface area contributed by atoms with E-state index in [1.54, 1.807) is 26.5 Å². The Morgan fingerprint density at radius 2 is 2.24 bits per heavy atom. The lowest BCUT2D eigenvalue weighted by Gasteiger charge is -2.25. The van der Waals surface area contributed by atoms with E-state index in [-0.39, 0.29) is 6.10 Å². The molecule has 1 aliphatic rings. The minimum Gasteiger partial charge on any atom is -0.493 e. The maximum absolute atomic E-state index is 5.92. The minimum atomic E-state index is 0.149. The quantitative estimate of drug-likeness (QED) is 0.855. The van der Waals surface area contributed by atoms with Crippen molar-refractivity contribution in [3.05, 3.63) is 12.3 Å². The van der Waals surface area contributed by atoms with Crippen molar-refractivity contribution in [2.24, 2.45) is 0 Å². The van der Waals surface area contributed by atoms with Crippen LogP contribution in [0, 0.1) is 0 Å². The van der Waals surface area contributed by atoms with Gasteiger partial charge in [-0.15, -0.1) is 0 Å². The molecule has 2 rings (SSSR count). The Bertz CT molecular complexity index is 343. The molecule has 1 atom stereocenters. The Morgan fingerprint density at radius 1 is 1.35 bits per heavy atom. The first-order chi connectivity index (χ1) is 8.35. The van der Waals surface area contributed by atoms with Gasteiger partial charge in [-0.05, 0) is 19.4 Å². The number of ether oxygens (including phenoxy) is 3. The number of rotatable bonds is 4. The molecule has 0 aromatic carbocycles. The molecule has 1 aliphatic heterocycles. The van der Waals surface area contributed by atoms with Crippen LogP contribution in [0.15, 0.2) is 12.3 Å². The first kappa shape index (κ1) is 12.0. The van der Waals surface area contributed by atoms with Crippen LogP contribution in [0.3, 0.4) is 0 Å². The molecule has 17 heavy (non-hydrogen) atoms. The number of nitrogens with zero attached hydrogens (tertiary/aromatic N) is 1. The minimum absolute atomic E-state index is 0.149. The lowest BCUT2D eigenvalue weighted by atomic mass is 10.1. The molecule has 1 aromatic heterocycles. The molecule has 1 fully saturated rings. The number of pyridine rings is 1. The third-order valence-electron chi connectivity index (χ3n) is 2.79. The van der Waals surface area contributed by atoms with Crippen LogP contribution in [-0.2, 0) is 0 Å². The predicted octanol–water partition coefficient (Wildman–Crippen LogP) is 1.23. The summed E-state index contributed by atoms with van der Waals surface area (Å²) < 4.78 is 16.4. The van der Waals surface area contributed by atoms with Crippen molar-refractivity contribution in [3.8, 4) is 17.4 Å². The second-order valence-corrected chi connectivity index (χ2v) is 3.94. The van der Waals surface area contributed by atoms with Crippen LogP contribution in [0.4, 0.5) is 0 Å². The highest BCUT2D eigenvalue weighted by atomic mass is 16.5. The second-order valence-electron chi connectivity index (χ2n) is 3.94. The Kier molecular flexibility index (Phi) is 4.03. The average Bonchev–Trinajstić information content (AvgIpc) is 2.40. The van der Waals surface area contributed by atoms with Gasteiger partial charge < -0.3 is 19.5 Å². The van der Waals surface area contributed by atoms with Gasteiger partial charge in [-0.1, -0.05) is 0 Å². The van der Waals surface area contributed by atoms with Crippen molar-refractivity contribution >= 4 is 0 Å². The van der Waals surface area contributed by atoms with E-state index in [9.17, 15) is 0 Å². The largest absolute Gasteiger partial charge is 0.493 e. The van der Waals surface area contributed by atoms with Gasteiger partial charge in [0.25, 0.3) is 5.88 Å². The molecular weight excluding hydrogens is 220 g/mol. The van der Waals surface area contributed by atoms with Gasteiger partial charge >= 0.3 is 0 Å². The summed E-state index contributed by atoms with van der Waals surface area (Å²) in [4.78, 5) is 4.12. The lowest BCUT2D eigenvalue weighted by Crippen LogP contribution is -2.37. The van der Waals surface area contributed by atoms with Crippen molar-refractivity contribution in [2.45, 2.75) is 18.9 Å². The molecule has 0 spiro atoms. The number of methoxy groups -OCH3 is 2. The summed E-state index contributed by atoms with van der Waals surface area (Å²) in [6.07, 6.45) is 3.95. The fourth-order valence-corrected chi connectivity index (χ4v) is 1.91. The van der Waals surface area contributed by atoms with Crippen LogP contribution in [-0.4, -0.2) is 38.4 Å². The SMILES string of the molecule is COc1ccnc(OC)c1OC1CCCNC1. The van der Waals surface area contributed by atoms with Crippen LogP contribution in [0.5, 0.6) is 17.4 Å². The van der Waals surface area contributed by atoms with Crippen LogP contribution >= 0.6 is 0 Å². The van der Waals surface area contributed by atoms with E-state index < -0.39 is 0 Å². The molecule has 2 heterocycles. The lowest BCUT2D eigenvalue weighted by molar-refractivity contribution is 0.153. The van der Waals surface area contributed by atoms with Gasteiger partial charge in [-0.3, -0.25) is 0 Å². The van der Waals surface area contributed by atoms with E-state index >= 15 is 0 Å². The van der Waals surface area contributed by atoms with Crippen LogP contribution < -0.4 is 19.5 Å². The van der Waals surface area contributed by atoms with Gasteiger partial charge in [-0.25, -0.2) is 4.98 Å². The Labute approximate surface area is 101 Å². The number of aromatic nitrogens is 1. The Morgan fingerprint density at radius 3 is 2.88 bits per heavy atom. The van der Waals surface area contributed by atoms with Crippen molar-refractivity contribution in [3.63, 3.8) is 0 Å². The highest BCUT2D eigenvalue weighted by Gasteiger charge is 2.20. The average molecular weight is 238 g/mol. The number of piperidine rings is 1. The van der Waals surface area contributed by atoms with E-state index in [0.29, 0.717) is 17.4 Å². The van der Waals surface area contributed by atoms with Crippen LogP contribution in [0.1, 0.15) is 12.8 Å². The molecule has 0 bridgehead atoms. The summed E-state index contributed by atoms with van der Waals surface area (Å²) in [5.41, 5.74) is 0. The molecule has 0 aliphatic carbocycles. The van der Waals surface area contributed by atoms with Gasteiger partial charge in [0.1, 0.15) is 6.10 Å². The van der Waals surface area contributed by atoms with Crippen LogP contribution in [0.2, 0.25) is 0 Å². The van der Waals surface area contributed by atoms with E-state index in [0.717, 1.165) is 25.9 Å². The van der Waals surface area contributed by atoms with Gasteiger partial charge in [-0.2, -0.15) is 0 Å². The fourth-order valence-electron chi connectivity index (χ4n) is 1.91. The zero-order chi connectivity index (χ0) is 12.1. The predicted molar refractivity (Wildman–Crippen MR) is 63.9 cm³/mol. The molecule has 94 valence electrons. The first-order valence-electron chi connectivity index (χ1n) is 5.79. The zero-order valence-corrected chi connectivity index (χ0v) is 10.2. The summed E-state index contributed by atoms with van der Waals surface area (Å²) in [5, 5.41) is 3.30. The summed E-state index contributed by atoms with van der Waals surface area (Å²) in [6.45, 7) is 1.91. The first-order valence-corrected chi connectivity index (χ1v) is 5.79. The summed E-state index contributed by atoms with van der Waals surface area (Å²) in [5.74, 6) is 1.71. The maximum atomic E-state index is 5.92. The van der Waals surface area contributed by atoms with Crippen LogP contribution in [0.25, 0.3) is 0 Å². The number of nitrogens with one attached hydrogen (secondary N) is 1. The highest BCUT2D eigenvalue weighted by Crippen LogP contribution is 2.36. The van der Waals surface area contributed by atoms with Gasteiger partial charge in [0, 0.05) is 18.8 Å². The van der Waals surface area contributed by atoms with Gasteiger partial charge in [0.05, 0.1) is 14.2 Å². The van der Waals surface area contributed by atoms with E-state index in [1.807, 2.05) is 0 Å². The van der Waals surface area contributed by atoms with E-state index in [2.05, 4.69) is 10.3 Å². The second kappa shape index (κ2) is 5.72. The maximum Gasteiger partial charge on any atom is 0.260 e. The van der Waals surface area contributed by atoms with Crippen molar-refractivity contribution < 1.29 is 14.2 Å². The molecule has 1 unspecified atom stereocenters. The molecule has 0 radical (unpaired) electrons. The fraction of sp³-hybridized carbons (Fsp3) is 0.583. The molecule has 0 saturated carbocycles. The van der Waals surface area contributed by atoms with E-state index in [4.69, 9.17) is 14.2 Å². The number of hydrogen-bond acceptors (Lipinski definition) is 5. The standard InChI is InChI=1S/C12H18N2O3/c1-15-10-5-7-14-12(16-2)11(10)17-9-4-3-6-13-8-9/h5,7,9,13H,3-4,6,8H2,1-2H3. The molecule has 1 aromatic rings. The normalized spacial score (nSPS) is 19.8. The summed E-state index contributed by atoms with van der Waals surface area (Å²) in [6, 6.07) is 1.77. The van der Waals surface area contributed by atoms with Crippen molar-refractivity contribution in [1.29, 1.82) is 0 Å². The zero-order valence-electron chi connectivity index (χ0n) is 10.2. The third-order valence-corrected chi connectivity index (χ3v) is 2.79. The summed E-state index contributed by atoms with van der Waals surface area (Å²) >= 11 is 0. The topological polar surface area (TPSA) is 52.6 Å². The molecular formula is C12H18N2O3. The molecule has 0 amide bonds. The van der Waals surface area contributed by atoms with Gasteiger partial charge in [0.15, 0.2) is 5.75 Å². The third kappa shape index (κ3) is 2.79. The molecule has 5 nitrogen and oxygen atoms in total. The smallest absolute Gasteiger partial charge is 0.260 e. The highest BCUT2D eigenvalue weighted by molar-refractivity contribution is 5.46. The summed E-state index contributed by atoms with van der Waals surface area (Å²) in [7, 11) is 3.19. The molecule has 1 saturated heterocycles. The van der Waals surface area contributed by atoms with Crippen molar-refractivity contribution in [1.82, 2.24) is 10.3 Å². The van der Waals surface area contributed by atoms with Gasteiger partial charge in [0.2, 0.25) is 5.75 Å². The van der Waals surface area contributed by atoms with E-state index in [1.165, 1.54) is 0 Å².